The van der Waals surface area contributed by atoms with Crippen molar-refractivity contribution in [3.63, 3.8) is 0 Å². The molecule has 5 nitrogen and oxygen atoms in total. The molecule has 3 aromatic rings. The Morgan fingerprint density at radius 1 is 1.33 bits per heavy atom. The van der Waals surface area contributed by atoms with E-state index in [1.165, 1.54) is 29.4 Å². The molecule has 0 radical (unpaired) electrons. The zero-order valence-corrected chi connectivity index (χ0v) is 12.5. The van der Waals surface area contributed by atoms with Crippen LogP contribution in [0.4, 0.5) is 8.78 Å². The number of imidazole rings is 1. The Morgan fingerprint density at radius 3 is 2.83 bits per heavy atom. The molecule has 0 fully saturated rings. The van der Waals surface area contributed by atoms with E-state index in [0.29, 0.717) is 0 Å². The molecular formula is C17H13F2N3O2. The number of rotatable bonds is 5. The summed E-state index contributed by atoms with van der Waals surface area (Å²) in [5, 5.41) is 20.2. The van der Waals surface area contributed by atoms with Crippen molar-refractivity contribution in [2.75, 3.05) is 0 Å². The summed E-state index contributed by atoms with van der Waals surface area (Å²) in [6, 6.07) is 8.28. The molecule has 122 valence electrons. The summed E-state index contributed by atoms with van der Waals surface area (Å²) in [6.07, 6.45) is 3.99. The van der Waals surface area contributed by atoms with E-state index in [1.807, 2.05) is 6.07 Å². The predicted octanol–water partition coefficient (Wildman–Crippen LogP) is 2.76. The number of hydrogen-bond donors (Lipinski definition) is 1. The molecule has 0 aliphatic heterocycles. The first-order chi connectivity index (χ1) is 11.5. The van der Waals surface area contributed by atoms with Crippen molar-refractivity contribution < 1.29 is 18.3 Å². The normalized spacial score (nSPS) is 13.4. The van der Waals surface area contributed by atoms with Gasteiger partial charge >= 0.3 is 0 Å². The number of hydrogen-bond acceptors (Lipinski definition) is 4. The maximum Gasteiger partial charge on any atom is 0.144 e. The third kappa shape index (κ3) is 3.05. The maximum atomic E-state index is 14.0. The fraction of sp³-hybridized carbons (Fsp3) is 0.176. The van der Waals surface area contributed by atoms with Crippen LogP contribution in [-0.2, 0) is 18.6 Å². The lowest BCUT2D eigenvalue weighted by Crippen LogP contribution is -2.34. The molecule has 1 N–H and O–H groups in total. The van der Waals surface area contributed by atoms with Crippen LogP contribution in [0.15, 0.2) is 53.5 Å². The molecule has 0 bridgehead atoms. The molecule has 0 saturated carbocycles. The topological polar surface area (TPSA) is 75.0 Å². The number of furan rings is 1. The highest BCUT2D eigenvalue weighted by Crippen LogP contribution is 2.30. The summed E-state index contributed by atoms with van der Waals surface area (Å²) in [5.74, 6) is -1.24. The Hall–Kier alpha value is -2.98. The van der Waals surface area contributed by atoms with Crippen molar-refractivity contribution in [1.82, 2.24) is 9.55 Å². The minimum absolute atomic E-state index is 0.0692. The number of benzene rings is 1. The molecule has 1 unspecified atom stereocenters. The summed E-state index contributed by atoms with van der Waals surface area (Å²) >= 11 is 0. The van der Waals surface area contributed by atoms with Crippen LogP contribution < -0.4 is 0 Å². The van der Waals surface area contributed by atoms with Gasteiger partial charge in [-0.05, 0) is 23.8 Å². The van der Waals surface area contributed by atoms with Crippen LogP contribution in [0.2, 0.25) is 0 Å². The van der Waals surface area contributed by atoms with Gasteiger partial charge in [0, 0.05) is 12.5 Å². The lowest BCUT2D eigenvalue weighted by molar-refractivity contribution is -0.00308. The second-order valence-corrected chi connectivity index (χ2v) is 5.44. The van der Waals surface area contributed by atoms with Crippen LogP contribution in [0.25, 0.3) is 0 Å². The fourth-order valence-electron chi connectivity index (χ4n) is 2.57. The van der Waals surface area contributed by atoms with Gasteiger partial charge in [0.15, 0.2) is 0 Å². The first-order valence-electron chi connectivity index (χ1n) is 7.12. The zero-order valence-electron chi connectivity index (χ0n) is 12.5. The number of aromatic nitrogens is 2. The Kier molecular flexibility index (Phi) is 4.15. The Balaban J connectivity index is 1.99. The van der Waals surface area contributed by atoms with Crippen LogP contribution >= 0.6 is 0 Å². The van der Waals surface area contributed by atoms with E-state index in [0.717, 1.165) is 12.1 Å². The highest BCUT2D eigenvalue weighted by Gasteiger charge is 2.34. The van der Waals surface area contributed by atoms with Gasteiger partial charge < -0.3 is 14.1 Å². The zero-order chi connectivity index (χ0) is 17.2. The van der Waals surface area contributed by atoms with E-state index in [2.05, 4.69) is 4.98 Å². The molecule has 1 atom stereocenters. The minimum atomic E-state index is -1.63. The molecule has 1 aromatic carbocycles. The summed E-state index contributed by atoms with van der Waals surface area (Å²) in [4.78, 5) is 3.87. The summed E-state index contributed by atoms with van der Waals surface area (Å²) in [7, 11) is 0. The highest BCUT2D eigenvalue weighted by molar-refractivity contribution is 5.24. The predicted molar refractivity (Wildman–Crippen MR) is 79.6 cm³/mol. The number of nitrogens with zero attached hydrogens (tertiary/aromatic N) is 3. The Bertz CT molecular complexity index is 884. The van der Waals surface area contributed by atoms with E-state index < -0.39 is 17.2 Å². The van der Waals surface area contributed by atoms with Gasteiger partial charge in [0.05, 0.1) is 25.3 Å². The van der Waals surface area contributed by atoms with Crippen molar-refractivity contribution >= 4 is 0 Å². The Morgan fingerprint density at radius 2 is 2.17 bits per heavy atom. The number of aliphatic hydroxyl groups is 1. The second kappa shape index (κ2) is 6.26. The van der Waals surface area contributed by atoms with E-state index in [1.54, 1.807) is 12.1 Å². The largest absolute Gasteiger partial charge is 0.466 e. The first kappa shape index (κ1) is 15.9. The Labute approximate surface area is 136 Å². The average Bonchev–Trinajstić information content (AvgIpc) is 3.21. The monoisotopic (exact) mass is 329 g/mol. The molecule has 2 aromatic heterocycles. The molecule has 0 saturated heterocycles. The van der Waals surface area contributed by atoms with Gasteiger partial charge in [-0.25, -0.2) is 13.8 Å². The highest BCUT2D eigenvalue weighted by atomic mass is 19.1. The van der Waals surface area contributed by atoms with Crippen LogP contribution in [-0.4, -0.2) is 14.7 Å². The fourth-order valence-corrected chi connectivity index (χ4v) is 2.57. The standard InChI is InChI=1S/C17H13F2N3O2/c18-13-4-3-12(15(19)6-13)7-17(23,16-2-1-5-24-16)10-22-11-21-9-14(22)8-20/h1-6,9,11,23H,7,10H2. The van der Waals surface area contributed by atoms with Gasteiger partial charge in [0.25, 0.3) is 0 Å². The third-order valence-electron chi connectivity index (χ3n) is 3.74. The molecule has 0 aliphatic carbocycles. The molecule has 2 heterocycles. The molecule has 7 heteroatoms. The van der Waals surface area contributed by atoms with Crippen molar-refractivity contribution in [3.8, 4) is 6.07 Å². The lowest BCUT2D eigenvalue weighted by Gasteiger charge is -2.27. The van der Waals surface area contributed by atoms with Crippen molar-refractivity contribution in [2.45, 2.75) is 18.6 Å². The second-order valence-electron chi connectivity index (χ2n) is 5.44. The van der Waals surface area contributed by atoms with E-state index in [-0.39, 0.29) is 30.0 Å². The van der Waals surface area contributed by atoms with Gasteiger partial charge in [-0.2, -0.15) is 5.26 Å². The summed E-state index contributed by atoms with van der Waals surface area (Å²) in [6.45, 7) is -0.0692. The maximum absolute atomic E-state index is 14.0. The molecule has 3 rings (SSSR count). The van der Waals surface area contributed by atoms with Crippen LogP contribution in [0.5, 0.6) is 0 Å². The van der Waals surface area contributed by atoms with E-state index >= 15 is 0 Å². The number of halogens is 2. The lowest BCUT2D eigenvalue weighted by atomic mass is 9.91. The van der Waals surface area contributed by atoms with E-state index in [9.17, 15) is 13.9 Å². The van der Waals surface area contributed by atoms with Gasteiger partial charge in [-0.15, -0.1) is 0 Å². The van der Waals surface area contributed by atoms with Crippen molar-refractivity contribution in [2.24, 2.45) is 0 Å². The van der Waals surface area contributed by atoms with Gasteiger partial charge in [-0.3, -0.25) is 0 Å². The van der Waals surface area contributed by atoms with Gasteiger partial charge in [-0.1, -0.05) is 6.07 Å². The summed E-state index contributed by atoms with van der Waals surface area (Å²) in [5.41, 5.74) is -1.25. The molecular weight excluding hydrogens is 316 g/mol. The van der Waals surface area contributed by atoms with Gasteiger partial charge in [0.1, 0.15) is 34.8 Å². The van der Waals surface area contributed by atoms with Gasteiger partial charge in [0.2, 0.25) is 0 Å². The van der Waals surface area contributed by atoms with Crippen molar-refractivity contribution in [3.05, 3.63) is 77.8 Å². The summed E-state index contributed by atoms with van der Waals surface area (Å²) < 4.78 is 33.8. The number of nitriles is 1. The first-order valence-corrected chi connectivity index (χ1v) is 7.12. The van der Waals surface area contributed by atoms with Crippen LogP contribution in [0.1, 0.15) is 17.0 Å². The molecule has 0 amide bonds. The average molecular weight is 329 g/mol. The van der Waals surface area contributed by atoms with E-state index in [4.69, 9.17) is 9.68 Å². The SMILES string of the molecule is N#Cc1cncn1CC(O)(Cc1ccc(F)cc1F)c1ccco1. The molecule has 0 aliphatic rings. The van der Waals surface area contributed by atoms with Crippen LogP contribution in [0, 0.1) is 23.0 Å². The smallest absolute Gasteiger partial charge is 0.144 e. The van der Waals surface area contributed by atoms with Crippen molar-refractivity contribution in [1.29, 1.82) is 5.26 Å². The molecule has 0 spiro atoms. The quantitative estimate of drug-likeness (QED) is 0.781. The van der Waals surface area contributed by atoms with Crippen LogP contribution in [0.3, 0.4) is 0 Å². The third-order valence-corrected chi connectivity index (χ3v) is 3.74. The minimum Gasteiger partial charge on any atom is -0.466 e. The molecule has 24 heavy (non-hydrogen) atoms.